The fraction of sp³-hybridized carbons (Fsp3) is 0.611. The van der Waals surface area contributed by atoms with Crippen molar-refractivity contribution in [2.24, 2.45) is 0 Å². The Morgan fingerprint density at radius 2 is 1.38 bits per heavy atom. The summed E-state index contributed by atoms with van der Waals surface area (Å²) in [7, 11) is -1.42. The molecule has 2 aliphatic heterocycles. The minimum absolute atomic E-state index is 0.294. The molecule has 2 aromatic rings. The molecule has 0 aliphatic carbocycles. The molecule has 1 N–H and O–H groups in total. The topological polar surface area (TPSA) is 102 Å². The van der Waals surface area contributed by atoms with Crippen LogP contribution >= 0.6 is 0 Å². The largest absolute Gasteiger partial charge is 0.353 e. The van der Waals surface area contributed by atoms with Crippen molar-refractivity contribution in [3.05, 3.63) is 23.5 Å². The second kappa shape index (κ2) is 7.88. The van der Waals surface area contributed by atoms with Gasteiger partial charge in [-0.3, -0.25) is 5.10 Å². The van der Waals surface area contributed by atoms with Crippen LogP contribution in [0.1, 0.15) is 11.4 Å². The van der Waals surface area contributed by atoms with Gasteiger partial charge >= 0.3 is 0 Å². The lowest BCUT2D eigenvalue weighted by Gasteiger charge is -2.35. The molecule has 0 amide bonds. The highest BCUT2D eigenvalue weighted by molar-refractivity contribution is 7.89. The zero-order valence-corrected chi connectivity index (χ0v) is 18.0. The predicted octanol–water partition coefficient (Wildman–Crippen LogP) is 0.0792. The molecule has 0 spiro atoms. The van der Waals surface area contributed by atoms with E-state index in [1.165, 1.54) is 4.31 Å². The van der Waals surface area contributed by atoms with Crippen molar-refractivity contribution in [2.75, 3.05) is 69.2 Å². The van der Waals surface area contributed by atoms with Gasteiger partial charge in [0.2, 0.25) is 10.0 Å². The van der Waals surface area contributed by atoms with Gasteiger partial charge in [0.25, 0.3) is 0 Å². The molecule has 0 bridgehead atoms. The number of aryl methyl sites for hydroxylation is 2. The number of aromatic nitrogens is 4. The van der Waals surface area contributed by atoms with Gasteiger partial charge in [0.1, 0.15) is 4.90 Å². The van der Waals surface area contributed by atoms with Crippen LogP contribution < -0.4 is 9.80 Å². The first-order valence-corrected chi connectivity index (χ1v) is 11.3. The SMILES string of the molecule is Cc1n[nH]c(C)c1S(=O)(=O)N1CCN(c2ccc(N3CCN(C)CC3)nn2)CC1. The normalized spacial score (nSPS) is 19.7. The zero-order valence-electron chi connectivity index (χ0n) is 17.2. The molecule has 2 saturated heterocycles. The average molecular weight is 421 g/mol. The van der Waals surface area contributed by atoms with Gasteiger partial charge in [0.15, 0.2) is 11.6 Å². The van der Waals surface area contributed by atoms with Gasteiger partial charge in [-0.05, 0) is 33.0 Å². The Hall–Kier alpha value is -2.24. The molecule has 158 valence electrons. The number of hydrogen-bond donors (Lipinski definition) is 1. The molecule has 0 unspecified atom stereocenters. The summed E-state index contributed by atoms with van der Waals surface area (Å²) >= 11 is 0. The highest BCUT2D eigenvalue weighted by Crippen LogP contribution is 2.24. The van der Waals surface area contributed by atoms with E-state index in [-0.39, 0.29) is 0 Å². The van der Waals surface area contributed by atoms with E-state index >= 15 is 0 Å². The Kier molecular flexibility index (Phi) is 5.45. The van der Waals surface area contributed by atoms with E-state index < -0.39 is 10.0 Å². The summed E-state index contributed by atoms with van der Waals surface area (Å²) in [4.78, 5) is 6.93. The van der Waals surface area contributed by atoms with Gasteiger partial charge in [0, 0.05) is 52.4 Å². The van der Waals surface area contributed by atoms with E-state index in [9.17, 15) is 8.42 Å². The monoisotopic (exact) mass is 420 g/mol. The standard InChI is InChI=1S/C18H28N8O2S/c1-14-18(15(2)20-19-14)29(27,28)26-12-10-25(11-13-26)17-5-4-16(21-22-17)24-8-6-23(3)7-9-24/h4-5H,6-13H2,1-3H3,(H,19,20). The van der Waals surface area contributed by atoms with Crippen LogP contribution in [0.3, 0.4) is 0 Å². The number of sulfonamides is 1. The number of nitrogens with zero attached hydrogens (tertiary/aromatic N) is 7. The van der Waals surface area contributed by atoms with Crippen LogP contribution in [-0.2, 0) is 10.0 Å². The van der Waals surface area contributed by atoms with Crippen LogP contribution in [0, 0.1) is 13.8 Å². The van der Waals surface area contributed by atoms with E-state index in [2.05, 4.69) is 42.1 Å². The van der Waals surface area contributed by atoms with Gasteiger partial charge < -0.3 is 14.7 Å². The van der Waals surface area contributed by atoms with Crippen molar-refractivity contribution in [2.45, 2.75) is 18.7 Å². The number of likely N-dealkylation sites (N-methyl/N-ethyl adjacent to an activating group) is 1. The van der Waals surface area contributed by atoms with Crippen LogP contribution in [0.5, 0.6) is 0 Å². The fourth-order valence-corrected chi connectivity index (χ4v) is 5.65. The third-order valence-electron chi connectivity index (χ3n) is 5.68. The summed E-state index contributed by atoms with van der Waals surface area (Å²) in [5.74, 6) is 1.68. The summed E-state index contributed by atoms with van der Waals surface area (Å²) < 4.78 is 27.5. The van der Waals surface area contributed by atoms with Crippen LogP contribution in [0.4, 0.5) is 11.6 Å². The van der Waals surface area contributed by atoms with E-state index in [0.717, 1.165) is 37.8 Å². The van der Waals surface area contributed by atoms with Gasteiger partial charge in [-0.2, -0.15) is 9.40 Å². The Morgan fingerprint density at radius 1 is 0.862 bits per heavy atom. The Morgan fingerprint density at radius 3 is 1.83 bits per heavy atom. The number of nitrogens with one attached hydrogen (secondary N) is 1. The van der Waals surface area contributed by atoms with E-state index in [1.807, 2.05) is 12.1 Å². The number of piperazine rings is 2. The first kappa shape index (κ1) is 20.0. The van der Waals surface area contributed by atoms with Crippen LogP contribution in [0.15, 0.2) is 17.0 Å². The van der Waals surface area contributed by atoms with Crippen molar-refractivity contribution in [3.63, 3.8) is 0 Å². The molecular formula is C18H28N8O2S. The molecule has 2 aliphatic rings. The predicted molar refractivity (Wildman–Crippen MR) is 111 cm³/mol. The molecule has 0 saturated carbocycles. The Balaban J connectivity index is 1.40. The van der Waals surface area contributed by atoms with E-state index in [1.54, 1.807) is 13.8 Å². The quantitative estimate of drug-likeness (QED) is 0.742. The number of H-pyrrole nitrogens is 1. The van der Waals surface area contributed by atoms with Gasteiger partial charge in [0.05, 0.1) is 11.4 Å². The molecule has 0 aromatic carbocycles. The smallest absolute Gasteiger partial charge is 0.246 e. The average Bonchev–Trinajstić information content (AvgIpc) is 3.08. The number of anilines is 2. The lowest BCUT2D eigenvalue weighted by Crippen LogP contribution is -2.49. The first-order chi connectivity index (χ1) is 13.9. The summed E-state index contributed by atoms with van der Waals surface area (Å²) in [5, 5.41) is 15.6. The molecular weight excluding hydrogens is 392 g/mol. The Labute approximate surface area is 171 Å². The number of aromatic amines is 1. The molecule has 0 radical (unpaired) electrons. The molecule has 4 heterocycles. The molecule has 11 heteroatoms. The zero-order chi connectivity index (χ0) is 20.6. The summed E-state index contributed by atoms with van der Waals surface area (Å²) in [6.07, 6.45) is 0. The molecule has 10 nitrogen and oxygen atoms in total. The minimum Gasteiger partial charge on any atom is -0.353 e. The maximum Gasteiger partial charge on any atom is 0.246 e. The molecule has 0 atom stereocenters. The van der Waals surface area contributed by atoms with E-state index in [0.29, 0.717) is 42.5 Å². The van der Waals surface area contributed by atoms with Crippen molar-refractivity contribution in [3.8, 4) is 0 Å². The fourth-order valence-electron chi connectivity index (χ4n) is 3.90. The van der Waals surface area contributed by atoms with Crippen LogP contribution in [0.2, 0.25) is 0 Å². The van der Waals surface area contributed by atoms with Gasteiger partial charge in [-0.15, -0.1) is 10.2 Å². The third kappa shape index (κ3) is 3.94. The van der Waals surface area contributed by atoms with E-state index in [4.69, 9.17) is 0 Å². The van der Waals surface area contributed by atoms with Crippen molar-refractivity contribution < 1.29 is 8.42 Å². The number of hydrogen-bond acceptors (Lipinski definition) is 8. The summed E-state index contributed by atoms with van der Waals surface area (Å²) in [5.41, 5.74) is 1.09. The second-order valence-electron chi connectivity index (χ2n) is 7.69. The third-order valence-corrected chi connectivity index (χ3v) is 7.85. The minimum atomic E-state index is -3.55. The Bertz CT molecular complexity index is 923. The summed E-state index contributed by atoms with van der Waals surface area (Å²) in [6, 6.07) is 3.99. The van der Waals surface area contributed by atoms with Crippen LogP contribution in [-0.4, -0.2) is 97.4 Å². The molecule has 4 rings (SSSR count). The van der Waals surface area contributed by atoms with Crippen molar-refractivity contribution in [1.29, 1.82) is 0 Å². The summed E-state index contributed by atoms with van der Waals surface area (Å²) in [6.45, 7) is 9.38. The highest BCUT2D eigenvalue weighted by Gasteiger charge is 2.32. The lowest BCUT2D eigenvalue weighted by atomic mass is 10.3. The maximum atomic E-state index is 13.0. The van der Waals surface area contributed by atoms with Crippen molar-refractivity contribution in [1.82, 2.24) is 29.6 Å². The van der Waals surface area contributed by atoms with Crippen LogP contribution in [0.25, 0.3) is 0 Å². The molecule has 29 heavy (non-hydrogen) atoms. The lowest BCUT2D eigenvalue weighted by molar-refractivity contribution is 0.312. The second-order valence-corrected chi connectivity index (χ2v) is 9.57. The maximum absolute atomic E-state index is 13.0. The van der Waals surface area contributed by atoms with Gasteiger partial charge in [-0.1, -0.05) is 0 Å². The van der Waals surface area contributed by atoms with Gasteiger partial charge in [-0.25, -0.2) is 8.42 Å². The van der Waals surface area contributed by atoms with Crippen molar-refractivity contribution >= 4 is 21.7 Å². The first-order valence-electron chi connectivity index (χ1n) is 9.90. The highest BCUT2D eigenvalue weighted by atomic mass is 32.2. The molecule has 2 fully saturated rings. The number of rotatable bonds is 4. The molecule has 2 aromatic heterocycles.